The second kappa shape index (κ2) is 8.90. The summed E-state index contributed by atoms with van der Waals surface area (Å²) in [6.45, 7) is 0.717. The summed E-state index contributed by atoms with van der Waals surface area (Å²) in [6.07, 6.45) is -0.133. The Labute approximate surface area is 159 Å². The molecular weight excluding hydrogens is 383 g/mol. The fraction of sp³-hybridized carbons (Fsp3) is 0.471. The average Bonchev–Trinajstić information content (AvgIpc) is 2.82. The number of carbonyl (C=O) groups is 3. The first kappa shape index (κ1) is 20.8. The van der Waals surface area contributed by atoms with Gasteiger partial charge in [0.05, 0.1) is 17.1 Å². The summed E-state index contributed by atoms with van der Waals surface area (Å²) in [5, 5.41) is 13.1. The number of rotatable bonds is 7. The van der Waals surface area contributed by atoms with Crippen LogP contribution in [0.25, 0.3) is 0 Å². The lowest BCUT2D eigenvalue weighted by atomic mass is 9.88. The van der Waals surface area contributed by atoms with Crippen LogP contribution in [0.2, 0.25) is 5.02 Å². The summed E-state index contributed by atoms with van der Waals surface area (Å²) in [7, 11) is 0. The van der Waals surface area contributed by atoms with Crippen molar-refractivity contribution in [3.8, 4) is 0 Å². The third-order valence-electron chi connectivity index (χ3n) is 4.50. The molecule has 0 bridgehead atoms. The number of anilines is 1. The second-order valence-corrected chi connectivity index (χ2v) is 6.88. The number of benzene rings is 1. The van der Waals surface area contributed by atoms with Gasteiger partial charge >= 0.3 is 5.97 Å². The van der Waals surface area contributed by atoms with E-state index in [1.807, 2.05) is 0 Å². The van der Waals surface area contributed by atoms with Crippen LogP contribution < -0.4 is 5.32 Å². The fourth-order valence-electron chi connectivity index (χ4n) is 3.16. The van der Waals surface area contributed by atoms with Gasteiger partial charge in [-0.25, -0.2) is 4.39 Å². The zero-order valence-corrected chi connectivity index (χ0v) is 15.2. The minimum atomic E-state index is -0.795. The Bertz CT molecular complexity index is 772. The molecule has 2 rings (SSSR count). The quantitative estimate of drug-likeness (QED) is 0.427. The molecule has 1 aromatic carbocycles. The van der Waals surface area contributed by atoms with Gasteiger partial charge in [0.25, 0.3) is 5.91 Å². The van der Waals surface area contributed by atoms with Gasteiger partial charge in [-0.05, 0) is 24.1 Å². The van der Waals surface area contributed by atoms with E-state index in [0.29, 0.717) is 0 Å². The van der Waals surface area contributed by atoms with Gasteiger partial charge in [0.15, 0.2) is 6.61 Å². The average molecular weight is 401 g/mol. The van der Waals surface area contributed by atoms with Crippen LogP contribution in [0.1, 0.15) is 19.8 Å². The van der Waals surface area contributed by atoms with E-state index in [9.17, 15) is 28.9 Å². The molecule has 0 radical (unpaired) electrons. The maximum absolute atomic E-state index is 13.0. The van der Waals surface area contributed by atoms with Crippen LogP contribution >= 0.6 is 11.6 Å². The smallest absolute Gasteiger partial charge is 0.307 e. The fourth-order valence-corrected chi connectivity index (χ4v) is 3.38. The predicted molar refractivity (Wildman–Crippen MR) is 93.2 cm³/mol. The summed E-state index contributed by atoms with van der Waals surface area (Å²) in [5.74, 6) is -3.78. The van der Waals surface area contributed by atoms with Gasteiger partial charge in [0, 0.05) is 23.2 Å². The molecule has 146 valence electrons. The molecule has 0 unspecified atom stereocenters. The van der Waals surface area contributed by atoms with E-state index in [1.165, 1.54) is 6.07 Å². The van der Waals surface area contributed by atoms with E-state index in [0.717, 1.165) is 12.1 Å². The number of nitrogens with zero attached hydrogens (tertiary/aromatic N) is 1. The van der Waals surface area contributed by atoms with Crippen molar-refractivity contribution >= 4 is 34.9 Å². The normalized spacial score (nSPS) is 21.7. The van der Waals surface area contributed by atoms with Crippen LogP contribution in [0.15, 0.2) is 18.2 Å². The number of carbonyl (C=O) groups excluding carboxylic acids is 3. The first-order valence-electron chi connectivity index (χ1n) is 8.22. The molecule has 1 aliphatic rings. The number of nitrogens with one attached hydrogen (secondary N) is 1. The molecule has 0 aromatic heterocycles. The molecule has 1 fully saturated rings. The summed E-state index contributed by atoms with van der Waals surface area (Å²) in [6, 6.07) is 3.39. The molecule has 1 aliphatic carbocycles. The van der Waals surface area contributed by atoms with Crippen molar-refractivity contribution in [1.82, 2.24) is 0 Å². The molecule has 27 heavy (non-hydrogen) atoms. The molecule has 0 spiro atoms. The molecule has 8 nitrogen and oxygen atoms in total. The zero-order chi connectivity index (χ0) is 20.1. The van der Waals surface area contributed by atoms with E-state index in [-0.39, 0.29) is 35.3 Å². The van der Waals surface area contributed by atoms with E-state index in [4.69, 9.17) is 16.3 Å². The number of esters is 1. The Morgan fingerprint density at radius 2 is 2.15 bits per heavy atom. The van der Waals surface area contributed by atoms with Crippen LogP contribution in [0.5, 0.6) is 0 Å². The Morgan fingerprint density at radius 1 is 1.44 bits per heavy atom. The number of ether oxygens (including phenoxy) is 1. The number of hydrogen-bond acceptors (Lipinski definition) is 6. The Balaban J connectivity index is 1.86. The molecule has 1 aromatic rings. The lowest BCUT2D eigenvalue weighted by Gasteiger charge is -2.17. The highest BCUT2D eigenvalue weighted by atomic mass is 35.5. The van der Waals surface area contributed by atoms with Gasteiger partial charge in [-0.1, -0.05) is 18.5 Å². The lowest BCUT2D eigenvalue weighted by Crippen LogP contribution is -2.28. The van der Waals surface area contributed by atoms with Crippen LogP contribution in [-0.2, 0) is 19.1 Å². The van der Waals surface area contributed by atoms with Gasteiger partial charge in [0.2, 0.25) is 6.54 Å². The van der Waals surface area contributed by atoms with Crippen LogP contribution in [0, 0.1) is 33.7 Å². The topological polar surface area (TPSA) is 116 Å². The maximum Gasteiger partial charge on any atom is 0.307 e. The molecule has 0 aliphatic heterocycles. The summed E-state index contributed by atoms with van der Waals surface area (Å²) in [5.41, 5.74) is 0.157. The van der Waals surface area contributed by atoms with Gasteiger partial charge in [-0.15, -0.1) is 0 Å². The third-order valence-corrected chi connectivity index (χ3v) is 4.81. The summed E-state index contributed by atoms with van der Waals surface area (Å²) in [4.78, 5) is 46.0. The van der Waals surface area contributed by atoms with Gasteiger partial charge in [-0.2, -0.15) is 0 Å². The molecule has 0 saturated heterocycles. The second-order valence-electron chi connectivity index (χ2n) is 6.47. The Morgan fingerprint density at radius 3 is 2.78 bits per heavy atom. The Kier molecular flexibility index (Phi) is 6.84. The van der Waals surface area contributed by atoms with Gasteiger partial charge in [-0.3, -0.25) is 24.5 Å². The number of nitro groups is 1. The van der Waals surface area contributed by atoms with Crippen LogP contribution in [0.4, 0.5) is 10.1 Å². The highest BCUT2D eigenvalue weighted by Gasteiger charge is 2.44. The minimum absolute atomic E-state index is 0.0113. The molecule has 0 heterocycles. The number of hydrogen-bond donors (Lipinski definition) is 1. The Hall–Kier alpha value is -2.55. The number of ketones is 1. The number of Topliss-reactive ketones (excluding diaryl/α,β-unsaturated/α-hetero) is 1. The molecule has 10 heteroatoms. The molecular formula is C17H18ClFN2O6. The van der Waals surface area contributed by atoms with Crippen molar-refractivity contribution in [3.63, 3.8) is 0 Å². The summed E-state index contributed by atoms with van der Waals surface area (Å²) >= 11 is 5.78. The standard InChI is InChI=1S/C17H18ClFN2O6/c1-9-4-15(22)11(12(9)7-21(25)26)6-17(24)27-8-16(23)20-14-3-2-10(19)5-13(14)18/h2-3,5,9,11-12H,4,6-8H2,1H3,(H,20,23)/t9-,11-,12-/m1/s1. The first-order chi connectivity index (χ1) is 12.7. The third kappa shape index (κ3) is 5.72. The molecule has 1 N–H and O–H groups in total. The van der Waals surface area contributed by atoms with E-state index < -0.39 is 47.6 Å². The highest BCUT2D eigenvalue weighted by molar-refractivity contribution is 6.33. The van der Waals surface area contributed by atoms with Gasteiger partial charge in [0.1, 0.15) is 11.6 Å². The highest BCUT2D eigenvalue weighted by Crippen LogP contribution is 2.36. The van der Waals surface area contributed by atoms with Crippen LogP contribution in [0.3, 0.4) is 0 Å². The van der Waals surface area contributed by atoms with Gasteiger partial charge < -0.3 is 10.1 Å². The number of amides is 1. The van der Waals surface area contributed by atoms with Crippen LogP contribution in [-0.4, -0.2) is 35.7 Å². The monoisotopic (exact) mass is 400 g/mol. The molecule has 3 atom stereocenters. The SMILES string of the molecule is C[C@@H]1CC(=O)[C@H](CC(=O)OCC(=O)Nc2ccc(F)cc2Cl)[C@@H]1C[N+](=O)[O-]. The zero-order valence-electron chi connectivity index (χ0n) is 14.4. The molecule has 1 amide bonds. The largest absolute Gasteiger partial charge is 0.456 e. The van der Waals surface area contributed by atoms with Crippen molar-refractivity contribution < 1.29 is 28.4 Å². The maximum atomic E-state index is 13.0. The van der Waals surface area contributed by atoms with Crippen molar-refractivity contribution in [2.24, 2.45) is 17.8 Å². The van der Waals surface area contributed by atoms with E-state index >= 15 is 0 Å². The van der Waals surface area contributed by atoms with Crippen molar-refractivity contribution in [2.45, 2.75) is 19.8 Å². The summed E-state index contributed by atoms with van der Waals surface area (Å²) < 4.78 is 17.8. The lowest BCUT2D eigenvalue weighted by molar-refractivity contribution is -0.490. The molecule has 1 saturated carbocycles. The predicted octanol–water partition coefficient (Wildman–Crippen LogP) is 2.47. The van der Waals surface area contributed by atoms with Crippen molar-refractivity contribution in [1.29, 1.82) is 0 Å². The first-order valence-corrected chi connectivity index (χ1v) is 8.60. The van der Waals surface area contributed by atoms with E-state index in [2.05, 4.69) is 5.32 Å². The van der Waals surface area contributed by atoms with Crippen molar-refractivity contribution in [3.05, 3.63) is 39.2 Å². The van der Waals surface area contributed by atoms with E-state index in [1.54, 1.807) is 6.92 Å². The minimum Gasteiger partial charge on any atom is -0.456 e. The van der Waals surface area contributed by atoms with Crippen molar-refractivity contribution in [2.75, 3.05) is 18.5 Å². The number of halogens is 2.